The van der Waals surface area contributed by atoms with Crippen LogP contribution in [0.5, 0.6) is 5.75 Å². The van der Waals surface area contributed by atoms with Gasteiger partial charge in [-0.1, -0.05) is 30.4 Å². The van der Waals surface area contributed by atoms with Crippen LogP contribution in [0.15, 0.2) is 41.4 Å². The molecule has 0 aliphatic heterocycles. The summed E-state index contributed by atoms with van der Waals surface area (Å²) >= 11 is 0. The van der Waals surface area contributed by atoms with Crippen molar-refractivity contribution in [1.82, 2.24) is 0 Å². The number of isocyanates is 1. The molecule has 0 saturated heterocycles. The monoisotopic (exact) mass is 203 g/mol. The Morgan fingerprint density at radius 1 is 1.40 bits per heavy atom. The summed E-state index contributed by atoms with van der Waals surface area (Å²) in [6.45, 7) is 0.388. The number of rotatable bonds is 5. The van der Waals surface area contributed by atoms with Crippen molar-refractivity contribution in [2.45, 2.75) is 6.42 Å². The lowest BCUT2D eigenvalue weighted by Crippen LogP contribution is -1.89. The molecule has 15 heavy (non-hydrogen) atoms. The maximum atomic E-state index is 9.79. The normalized spacial score (nSPS) is 9.93. The van der Waals surface area contributed by atoms with E-state index in [4.69, 9.17) is 4.74 Å². The molecule has 0 amide bonds. The molecule has 0 aliphatic rings. The molecular formula is C12H13NO2. The molecule has 0 saturated carbocycles. The second kappa shape index (κ2) is 6.57. The van der Waals surface area contributed by atoms with E-state index in [2.05, 4.69) is 4.99 Å². The molecule has 1 aromatic carbocycles. The van der Waals surface area contributed by atoms with Gasteiger partial charge in [-0.2, -0.15) is 0 Å². The fourth-order valence-corrected chi connectivity index (χ4v) is 1.25. The number of carbonyl (C=O) groups excluding carboxylic acids is 1. The lowest BCUT2D eigenvalue weighted by atomic mass is 10.1. The van der Waals surface area contributed by atoms with Gasteiger partial charge in [-0.25, -0.2) is 9.79 Å². The third kappa shape index (κ3) is 3.79. The van der Waals surface area contributed by atoms with Crippen molar-refractivity contribution >= 4 is 6.08 Å². The molecule has 0 aromatic heterocycles. The van der Waals surface area contributed by atoms with Crippen LogP contribution in [0.4, 0.5) is 0 Å². The Hall–Kier alpha value is -1.86. The first-order valence-corrected chi connectivity index (χ1v) is 4.69. The van der Waals surface area contributed by atoms with E-state index in [0.717, 1.165) is 17.7 Å². The van der Waals surface area contributed by atoms with Gasteiger partial charge in [0.2, 0.25) is 6.08 Å². The van der Waals surface area contributed by atoms with Crippen LogP contribution in [0.2, 0.25) is 0 Å². The number of hydrogen-bond acceptors (Lipinski definition) is 3. The van der Waals surface area contributed by atoms with Crippen molar-refractivity contribution < 1.29 is 9.53 Å². The fraction of sp³-hybridized carbons (Fsp3) is 0.250. The molecule has 0 radical (unpaired) electrons. The highest BCUT2D eigenvalue weighted by atomic mass is 16.5. The summed E-state index contributed by atoms with van der Waals surface area (Å²) in [4.78, 5) is 13.2. The summed E-state index contributed by atoms with van der Waals surface area (Å²) in [7, 11) is 1.65. The number of hydrogen-bond donors (Lipinski definition) is 0. The number of nitrogens with zero attached hydrogens (tertiary/aromatic N) is 1. The number of methoxy groups -OCH3 is 1. The van der Waals surface area contributed by atoms with Crippen LogP contribution >= 0.6 is 0 Å². The lowest BCUT2D eigenvalue weighted by Gasteiger charge is -2.04. The highest BCUT2D eigenvalue weighted by Crippen LogP contribution is 2.17. The predicted molar refractivity (Wildman–Crippen MR) is 58.8 cm³/mol. The van der Waals surface area contributed by atoms with E-state index in [1.54, 1.807) is 7.11 Å². The minimum absolute atomic E-state index is 0.388. The Morgan fingerprint density at radius 2 is 2.20 bits per heavy atom. The summed E-state index contributed by atoms with van der Waals surface area (Å²) in [6, 6.07) is 7.83. The molecule has 3 nitrogen and oxygen atoms in total. The van der Waals surface area contributed by atoms with Gasteiger partial charge in [-0.05, 0) is 18.1 Å². The maximum absolute atomic E-state index is 9.79. The first-order chi connectivity index (χ1) is 7.38. The van der Waals surface area contributed by atoms with Crippen LogP contribution in [-0.4, -0.2) is 19.7 Å². The van der Waals surface area contributed by atoms with Crippen LogP contribution < -0.4 is 4.74 Å². The topological polar surface area (TPSA) is 38.7 Å². The number of allylic oxidation sites excluding steroid dienone is 1. The third-order valence-electron chi connectivity index (χ3n) is 1.96. The second-order valence-corrected chi connectivity index (χ2v) is 2.92. The average molecular weight is 203 g/mol. The van der Waals surface area contributed by atoms with Gasteiger partial charge in [-0.15, -0.1) is 0 Å². The van der Waals surface area contributed by atoms with Crippen molar-refractivity contribution in [3.8, 4) is 5.75 Å². The van der Waals surface area contributed by atoms with Crippen LogP contribution in [0, 0.1) is 0 Å². The Labute approximate surface area is 89.1 Å². The van der Waals surface area contributed by atoms with Gasteiger partial charge in [0, 0.05) is 0 Å². The van der Waals surface area contributed by atoms with Crippen molar-refractivity contribution in [2.75, 3.05) is 13.7 Å². The Balaban J connectivity index is 2.56. The largest absolute Gasteiger partial charge is 0.496 e. The van der Waals surface area contributed by atoms with Crippen LogP contribution in [0.25, 0.3) is 0 Å². The molecule has 3 heteroatoms. The van der Waals surface area contributed by atoms with E-state index in [1.807, 2.05) is 36.4 Å². The molecule has 1 rings (SSSR count). The molecule has 0 atom stereocenters. The lowest BCUT2D eigenvalue weighted by molar-refractivity contribution is 0.410. The molecule has 0 N–H and O–H groups in total. The standard InChI is InChI=1S/C12H13NO2/c1-15-12-8-3-2-6-11(12)7-4-5-9-13-10-14/h2-6,8H,7,9H2,1H3/b5-4-. The minimum Gasteiger partial charge on any atom is -0.496 e. The molecule has 0 heterocycles. The SMILES string of the molecule is COc1ccccc1C/C=C\CN=C=O. The van der Waals surface area contributed by atoms with E-state index < -0.39 is 0 Å². The van der Waals surface area contributed by atoms with Crippen molar-refractivity contribution in [2.24, 2.45) is 4.99 Å². The zero-order valence-electron chi connectivity index (χ0n) is 8.64. The van der Waals surface area contributed by atoms with E-state index in [0.29, 0.717) is 6.54 Å². The summed E-state index contributed by atoms with van der Waals surface area (Å²) in [5, 5.41) is 0. The van der Waals surface area contributed by atoms with E-state index in [1.165, 1.54) is 6.08 Å². The van der Waals surface area contributed by atoms with Crippen molar-refractivity contribution in [3.05, 3.63) is 42.0 Å². The molecular weight excluding hydrogens is 190 g/mol. The van der Waals surface area contributed by atoms with Crippen LogP contribution in [-0.2, 0) is 11.2 Å². The second-order valence-electron chi connectivity index (χ2n) is 2.92. The molecule has 0 bridgehead atoms. The van der Waals surface area contributed by atoms with E-state index in [9.17, 15) is 4.79 Å². The Kier molecular flexibility index (Phi) is 4.91. The average Bonchev–Trinajstić information content (AvgIpc) is 2.29. The van der Waals surface area contributed by atoms with Crippen LogP contribution in [0.1, 0.15) is 5.56 Å². The number of aliphatic imine (C=N–C) groups is 1. The summed E-state index contributed by atoms with van der Waals surface area (Å²) in [6.07, 6.45) is 6.05. The van der Waals surface area contributed by atoms with Gasteiger partial charge < -0.3 is 4.74 Å². The first-order valence-electron chi connectivity index (χ1n) is 4.69. The summed E-state index contributed by atoms with van der Waals surface area (Å²) in [5.74, 6) is 0.876. The Morgan fingerprint density at radius 3 is 2.93 bits per heavy atom. The molecule has 0 spiro atoms. The van der Waals surface area contributed by atoms with Gasteiger partial charge in [0.15, 0.2) is 0 Å². The van der Waals surface area contributed by atoms with E-state index >= 15 is 0 Å². The predicted octanol–water partition coefficient (Wildman–Crippen LogP) is 2.13. The van der Waals surface area contributed by atoms with Gasteiger partial charge >= 0.3 is 0 Å². The Bertz CT molecular complexity index is 379. The zero-order chi connectivity index (χ0) is 10.9. The van der Waals surface area contributed by atoms with E-state index in [-0.39, 0.29) is 0 Å². The highest BCUT2D eigenvalue weighted by molar-refractivity contribution is 5.35. The van der Waals surface area contributed by atoms with Crippen LogP contribution in [0.3, 0.4) is 0 Å². The molecule has 1 aromatic rings. The highest BCUT2D eigenvalue weighted by Gasteiger charge is 1.97. The van der Waals surface area contributed by atoms with Gasteiger partial charge in [-0.3, -0.25) is 0 Å². The zero-order valence-corrected chi connectivity index (χ0v) is 8.64. The first kappa shape index (κ1) is 11.2. The summed E-state index contributed by atoms with van der Waals surface area (Å²) < 4.78 is 5.20. The number of benzene rings is 1. The van der Waals surface area contributed by atoms with Crippen molar-refractivity contribution in [3.63, 3.8) is 0 Å². The minimum atomic E-state index is 0.388. The molecule has 78 valence electrons. The summed E-state index contributed by atoms with van der Waals surface area (Å²) in [5.41, 5.74) is 1.12. The number of para-hydroxylation sites is 1. The van der Waals surface area contributed by atoms with Gasteiger partial charge in [0.05, 0.1) is 13.7 Å². The molecule has 0 fully saturated rings. The van der Waals surface area contributed by atoms with Gasteiger partial charge in [0.25, 0.3) is 0 Å². The molecule has 0 aliphatic carbocycles. The third-order valence-corrected chi connectivity index (χ3v) is 1.96. The van der Waals surface area contributed by atoms with Crippen molar-refractivity contribution in [1.29, 1.82) is 0 Å². The quantitative estimate of drug-likeness (QED) is 0.417. The maximum Gasteiger partial charge on any atom is 0.235 e. The number of ether oxygens (including phenoxy) is 1. The van der Waals surface area contributed by atoms with Gasteiger partial charge in [0.1, 0.15) is 5.75 Å². The molecule has 0 unspecified atom stereocenters. The fourth-order valence-electron chi connectivity index (χ4n) is 1.25. The smallest absolute Gasteiger partial charge is 0.235 e.